The molecule has 19 heavy (non-hydrogen) atoms. The highest BCUT2D eigenvalue weighted by Gasteiger charge is 2.13. The third-order valence-electron chi connectivity index (χ3n) is 2.71. The van der Waals surface area contributed by atoms with Crippen molar-refractivity contribution >= 4 is 39.0 Å². The number of nitrogens with two attached hydrogens (primary N) is 1. The van der Waals surface area contributed by atoms with Gasteiger partial charge in [-0.2, -0.15) is 0 Å². The van der Waals surface area contributed by atoms with Crippen molar-refractivity contribution in [2.24, 2.45) is 0 Å². The average molecular weight is 343 g/mol. The number of hydrogen-bond acceptors (Lipinski definition) is 2. The molecule has 0 spiro atoms. The molecule has 0 aliphatic heterocycles. The number of rotatable bonds is 3. The molecule has 2 aromatic carbocycles. The van der Waals surface area contributed by atoms with E-state index in [1.807, 2.05) is 0 Å². The molecule has 0 saturated heterocycles. The second-order valence-corrected chi connectivity index (χ2v) is 5.31. The lowest BCUT2D eigenvalue weighted by molar-refractivity contribution is 0.0992. The summed E-state index contributed by atoms with van der Waals surface area (Å²) in [7, 11) is 0. The normalized spacial score (nSPS) is 10.5. The quantitative estimate of drug-likeness (QED) is 0.669. The topological polar surface area (TPSA) is 43.1 Å². The van der Waals surface area contributed by atoms with Crippen LogP contribution in [0.25, 0.3) is 0 Å². The van der Waals surface area contributed by atoms with E-state index in [1.54, 1.807) is 30.3 Å². The number of nitrogen functional groups attached to an aromatic ring is 1. The average Bonchev–Trinajstić information content (AvgIpc) is 2.38. The Kier molecular flexibility index (Phi) is 4.22. The second-order valence-electron chi connectivity index (χ2n) is 4.05. The van der Waals surface area contributed by atoms with Gasteiger partial charge in [-0.25, -0.2) is 4.39 Å². The lowest BCUT2D eigenvalue weighted by atomic mass is 10.0. The molecular weight excluding hydrogens is 333 g/mol. The number of benzene rings is 2. The van der Waals surface area contributed by atoms with Crippen LogP contribution in [0, 0.1) is 5.82 Å². The largest absolute Gasteiger partial charge is 0.398 e. The minimum absolute atomic E-state index is 0.0174. The summed E-state index contributed by atoms with van der Waals surface area (Å²) < 4.78 is 14.4. The minimum atomic E-state index is -0.549. The van der Waals surface area contributed by atoms with Gasteiger partial charge in [0.05, 0.1) is 5.02 Å². The zero-order valence-corrected chi connectivity index (χ0v) is 12.1. The van der Waals surface area contributed by atoms with E-state index in [9.17, 15) is 9.18 Å². The summed E-state index contributed by atoms with van der Waals surface area (Å²) in [5, 5.41) is 0.0174. The van der Waals surface area contributed by atoms with E-state index < -0.39 is 5.82 Å². The molecule has 98 valence electrons. The first-order valence-corrected chi connectivity index (χ1v) is 6.67. The van der Waals surface area contributed by atoms with Gasteiger partial charge in [0, 0.05) is 22.1 Å². The van der Waals surface area contributed by atoms with Crippen LogP contribution in [0.3, 0.4) is 0 Å². The maximum absolute atomic E-state index is 13.7. The highest BCUT2D eigenvalue weighted by molar-refractivity contribution is 9.10. The van der Waals surface area contributed by atoms with Gasteiger partial charge in [-0.05, 0) is 45.8 Å². The van der Waals surface area contributed by atoms with Crippen molar-refractivity contribution in [3.63, 3.8) is 0 Å². The lowest BCUT2D eigenvalue weighted by Gasteiger charge is -2.06. The highest BCUT2D eigenvalue weighted by Crippen LogP contribution is 2.23. The van der Waals surface area contributed by atoms with E-state index in [4.69, 9.17) is 17.3 Å². The Morgan fingerprint density at radius 3 is 2.74 bits per heavy atom. The molecule has 5 heteroatoms. The van der Waals surface area contributed by atoms with Crippen molar-refractivity contribution in [3.8, 4) is 0 Å². The van der Waals surface area contributed by atoms with Crippen LogP contribution in [0.4, 0.5) is 10.1 Å². The summed E-state index contributed by atoms with van der Waals surface area (Å²) in [4.78, 5) is 12.1. The molecule has 0 radical (unpaired) electrons. The first-order valence-electron chi connectivity index (χ1n) is 5.50. The SMILES string of the molecule is Nc1ccc(C(=O)Cc2cccc(Cl)c2F)cc1Br. The fourth-order valence-corrected chi connectivity index (χ4v) is 2.23. The first-order chi connectivity index (χ1) is 8.99. The summed E-state index contributed by atoms with van der Waals surface area (Å²) in [6.07, 6.45) is -0.0389. The fourth-order valence-electron chi connectivity index (χ4n) is 1.66. The van der Waals surface area contributed by atoms with Gasteiger partial charge in [0.15, 0.2) is 5.78 Å². The summed E-state index contributed by atoms with van der Waals surface area (Å²) in [5.41, 5.74) is 6.95. The van der Waals surface area contributed by atoms with Crippen LogP contribution in [0.2, 0.25) is 5.02 Å². The first kappa shape index (κ1) is 14.0. The molecule has 0 atom stereocenters. The predicted octanol–water partition coefficient (Wildman–Crippen LogP) is 4.25. The van der Waals surface area contributed by atoms with E-state index in [0.717, 1.165) is 0 Å². The van der Waals surface area contributed by atoms with Crippen LogP contribution >= 0.6 is 27.5 Å². The zero-order valence-electron chi connectivity index (χ0n) is 9.79. The maximum atomic E-state index is 13.7. The standard InChI is InChI=1S/C14H10BrClFNO/c15-10-6-8(4-5-12(10)18)13(19)7-9-2-1-3-11(16)14(9)17/h1-6H,7,18H2. The summed E-state index contributed by atoms with van der Waals surface area (Å²) in [6.45, 7) is 0. The van der Waals surface area contributed by atoms with Gasteiger partial charge in [0.25, 0.3) is 0 Å². The molecule has 2 aromatic rings. The number of ketones is 1. The van der Waals surface area contributed by atoms with Crippen LogP contribution in [0.1, 0.15) is 15.9 Å². The molecule has 0 aliphatic carbocycles. The Hall–Kier alpha value is -1.39. The van der Waals surface area contributed by atoms with Gasteiger partial charge in [0.1, 0.15) is 5.82 Å². The molecule has 0 amide bonds. The molecule has 2 rings (SSSR count). The van der Waals surface area contributed by atoms with Gasteiger partial charge >= 0.3 is 0 Å². The third-order valence-corrected chi connectivity index (χ3v) is 3.68. The van der Waals surface area contributed by atoms with E-state index in [0.29, 0.717) is 15.7 Å². The number of anilines is 1. The van der Waals surface area contributed by atoms with Crippen molar-refractivity contribution < 1.29 is 9.18 Å². The van der Waals surface area contributed by atoms with Crippen LogP contribution in [-0.2, 0) is 6.42 Å². The van der Waals surface area contributed by atoms with E-state index in [2.05, 4.69) is 15.9 Å². The fraction of sp³-hybridized carbons (Fsp3) is 0.0714. The lowest BCUT2D eigenvalue weighted by Crippen LogP contribution is -2.06. The molecule has 0 heterocycles. The van der Waals surface area contributed by atoms with Gasteiger partial charge in [0.2, 0.25) is 0 Å². The number of Topliss-reactive ketones (excluding diaryl/α,β-unsaturated/α-hetero) is 1. The van der Waals surface area contributed by atoms with Gasteiger partial charge < -0.3 is 5.73 Å². The monoisotopic (exact) mass is 341 g/mol. The van der Waals surface area contributed by atoms with Gasteiger partial charge in [-0.3, -0.25) is 4.79 Å². The van der Waals surface area contributed by atoms with Crippen molar-refractivity contribution in [1.29, 1.82) is 0 Å². The molecule has 0 aliphatic rings. The van der Waals surface area contributed by atoms with Crippen LogP contribution in [-0.4, -0.2) is 5.78 Å². The van der Waals surface area contributed by atoms with Gasteiger partial charge in [-0.15, -0.1) is 0 Å². The Morgan fingerprint density at radius 1 is 1.32 bits per heavy atom. The molecular formula is C14H10BrClFNO. The third kappa shape index (κ3) is 3.14. The Balaban J connectivity index is 2.26. The molecule has 0 unspecified atom stereocenters. The summed E-state index contributed by atoms with van der Waals surface area (Å²) in [6, 6.07) is 9.49. The van der Waals surface area contributed by atoms with E-state index in [1.165, 1.54) is 6.07 Å². The van der Waals surface area contributed by atoms with E-state index in [-0.39, 0.29) is 22.8 Å². The Morgan fingerprint density at radius 2 is 2.05 bits per heavy atom. The predicted molar refractivity (Wildman–Crippen MR) is 78.0 cm³/mol. The van der Waals surface area contributed by atoms with Crippen molar-refractivity contribution in [2.75, 3.05) is 5.73 Å². The molecule has 2 nitrogen and oxygen atoms in total. The van der Waals surface area contributed by atoms with Crippen LogP contribution < -0.4 is 5.73 Å². The number of hydrogen-bond donors (Lipinski definition) is 1. The van der Waals surface area contributed by atoms with Crippen molar-refractivity contribution in [2.45, 2.75) is 6.42 Å². The van der Waals surface area contributed by atoms with E-state index >= 15 is 0 Å². The van der Waals surface area contributed by atoms with Gasteiger partial charge in [-0.1, -0.05) is 23.7 Å². The molecule has 0 bridgehead atoms. The molecule has 0 aromatic heterocycles. The second kappa shape index (κ2) is 5.72. The van der Waals surface area contributed by atoms with Crippen molar-refractivity contribution in [3.05, 3.63) is 62.8 Å². The highest BCUT2D eigenvalue weighted by atomic mass is 79.9. The number of carbonyl (C=O) groups is 1. The minimum Gasteiger partial charge on any atom is -0.398 e. The maximum Gasteiger partial charge on any atom is 0.167 e. The zero-order chi connectivity index (χ0) is 14.0. The van der Waals surface area contributed by atoms with Crippen molar-refractivity contribution in [1.82, 2.24) is 0 Å². The Bertz CT molecular complexity index is 645. The number of halogens is 3. The molecule has 0 fully saturated rings. The smallest absolute Gasteiger partial charge is 0.167 e. The van der Waals surface area contributed by atoms with Crippen LogP contribution in [0.15, 0.2) is 40.9 Å². The summed E-state index contributed by atoms with van der Waals surface area (Å²) in [5.74, 6) is -0.742. The molecule has 2 N–H and O–H groups in total. The van der Waals surface area contributed by atoms with Crippen LogP contribution in [0.5, 0.6) is 0 Å². The molecule has 0 saturated carbocycles. The number of carbonyl (C=O) groups excluding carboxylic acids is 1. The summed E-state index contributed by atoms with van der Waals surface area (Å²) >= 11 is 8.93. The Labute approximate surface area is 123 Å².